The number of rotatable bonds is 6. The van der Waals surface area contributed by atoms with Gasteiger partial charge < -0.3 is 10.6 Å². The van der Waals surface area contributed by atoms with Crippen molar-refractivity contribution in [1.82, 2.24) is 9.80 Å². The molecule has 0 bridgehead atoms. The van der Waals surface area contributed by atoms with Gasteiger partial charge in [-0.15, -0.1) is 0 Å². The lowest BCUT2D eigenvalue weighted by atomic mass is 9.88. The predicted octanol–water partition coefficient (Wildman–Crippen LogP) is 1.84. The first-order chi connectivity index (χ1) is 9.09. The maximum absolute atomic E-state index is 12.2. The van der Waals surface area contributed by atoms with E-state index in [-0.39, 0.29) is 11.4 Å². The molecule has 1 saturated carbocycles. The molecule has 2 N–H and O–H groups in total. The summed E-state index contributed by atoms with van der Waals surface area (Å²) < 4.78 is 0. The van der Waals surface area contributed by atoms with Gasteiger partial charge in [0.25, 0.3) is 0 Å². The molecule has 19 heavy (non-hydrogen) atoms. The fourth-order valence-corrected chi connectivity index (χ4v) is 3.11. The lowest BCUT2D eigenvalue weighted by molar-refractivity contribution is -0.132. The molecule has 0 aromatic carbocycles. The Balaban J connectivity index is 2.76. The van der Waals surface area contributed by atoms with Gasteiger partial charge in [-0.25, -0.2) is 0 Å². The molecule has 0 aliphatic heterocycles. The van der Waals surface area contributed by atoms with Gasteiger partial charge in [0.1, 0.15) is 0 Å². The summed E-state index contributed by atoms with van der Waals surface area (Å²) in [6.45, 7) is 7.01. The van der Waals surface area contributed by atoms with Gasteiger partial charge in [-0.3, -0.25) is 9.69 Å². The summed E-state index contributed by atoms with van der Waals surface area (Å²) in [5, 5.41) is 0. The standard InChI is InChI=1S/C15H31N3O/c1-4-17(3)14(19)12-18(5-2)15(13-16)10-8-6-7-9-11-15/h4-13,16H2,1-3H3. The molecule has 1 amide bonds. The zero-order chi connectivity index (χ0) is 14.3. The number of likely N-dealkylation sites (N-methyl/N-ethyl adjacent to an activating group) is 2. The second-order valence-electron chi connectivity index (χ2n) is 5.76. The molecule has 0 spiro atoms. The highest BCUT2D eigenvalue weighted by Gasteiger charge is 2.36. The van der Waals surface area contributed by atoms with Gasteiger partial charge in [-0.05, 0) is 26.3 Å². The van der Waals surface area contributed by atoms with Gasteiger partial charge in [-0.1, -0.05) is 32.6 Å². The quantitative estimate of drug-likeness (QED) is 0.749. The van der Waals surface area contributed by atoms with E-state index in [1.54, 1.807) is 4.90 Å². The number of carbonyl (C=O) groups excluding carboxylic acids is 1. The lowest BCUT2D eigenvalue weighted by Gasteiger charge is -2.43. The van der Waals surface area contributed by atoms with Crippen molar-refractivity contribution in [3.63, 3.8) is 0 Å². The molecule has 4 heteroatoms. The Morgan fingerprint density at radius 2 is 1.68 bits per heavy atom. The van der Waals surface area contributed by atoms with Crippen LogP contribution in [0, 0.1) is 0 Å². The van der Waals surface area contributed by atoms with Gasteiger partial charge >= 0.3 is 0 Å². The van der Waals surface area contributed by atoms with Crippen LogP contribution in [0.25, 0.3) is 0 Å². The molecule has 0 aromatic rings. The molecule has 112 valence electrons. The molecule has 0 atom stereocenters. The number of nitrogens with zero attached hydrogens (tertiary/aromatic N) is 2. The van der Waals surface area contributed by atoms with E-state index >= 15 is 0 Å². The fourth-order valence-electron chi connectivity index (χ4n) is 3.11. The maximum atomic E-state index is 12.2. The number of amides is 1. The summed E-state index contributed by atoms with van der Waals surface area (Å²) in [5.74, 6) is 0.210. The Bertz CT molecular complexity index is 273. The summed E-state index contributed by atoms with van der Waals surface area (Å²) in [6.07, 6.45) is 7.38. The maximum Gasteiger partial charge on any atom is 0.236 e. The van der Waals surface area contributed by atoms with Crippen LogP contribution in [0.2, 0.25) is 0 Å². The number of carbonyl (C=O) groups is 1. The van der Waals surface area contributed by atoms with Crippen LogP contribution in [0.3, 0.4) is 0 Å². The number of hydrogen-bond acceptors (Lipinski definition) is 3. The van der Waals surface area contributed by atoms with Crippen molar-refractivity contribution in [1.29, 1.82) is 0 Å². The minimum atomic E-state index is 0.0511. The van der Waals surface area contributed by atoms with Crippen molar-refractivity contribution in [2.24, 2.45) is 5.73 Å². The first-order valence-corrected chi connectivity index (χ1v) is 7.78. The Morgan fingerprint density at radius 3 is 2.11 bits per heavy atom. The van der Waals surface area contributed by atoms with Gasteiger partial charge in [0.05, 0.1) is 6.54 Å². The lowest BCUT2D eigenvalue weighted by Crippen LogP contribution is -2.56. The Morgan fingerprint density at radius 1 is 1.11 bits per heavy atom. The van der Waals surface area contributed by atoms with Crippen LogP contribution in [0.1, 0.15) is 52.4 Å². The molecule has 0 heterocycles. The van der Waals surface area contributed by atoms with Gasteiger partial charge in [0, 0.05) is 25.7 Å². The van der Waals surface area contributed by atoms with Crippen LogP contribution in [-0.4, -0.2) is 54.5 Å². The highest BCUT2D eigenvalue weighted by Crippen LogP contribution is 2.31. The minimum Gasteiger partial charge on any atom is -0.345 e. The molecular weight excluding hydrogens is 238 g/mol. The highest BCUT2D eigenvalue weighted by molar-refractivity contribution is 5.78. The summed E-state index contributed by atoms with van der Waals surface area (Å²) >= 11 is 0. The molecular formula is C15H31N3O. The van der Waals surface area contributed by atoms with Crippen molar-refractivity contribution in [3.8, 4) is 0 Å². The minimum absolute atomic E-state index is 0.0511. The first-order valence-electron chi connectivity index (χ1n) is 7.78. The summed E-state index contributed by atoms with van der Waals surface area (Å²) in [6, 6.07) is 0. The summed E-state index contributed by atoms with van der Waals surface area (Å²) in [5.41, 5.74) is 6.15. The van der Waals surface area contributed by atoms with Gasteiger partial charge in [0.2, 0.25) is 5.91 Å². The normalized spacial score (nSPS) is 19.2. The van der Waals surface area contributed by atoms with Crippen LogP contribution >= 0.6 is 0 Å². The zero-order valence-electron chi connectivity index (χ0n) is 13.0. The summed E-state index contributed by atoms with van der Waals surface area (Å²) in [7, 11) is 1.87. The second-order valence-corrected chi connectivity index (χ2v) is 5.76. The monoisotopic (exact) mass is 269 g/mol. The van der Waals surface area contributed by atoms with E-state index in [4.69, 9.17) is 5.73 Å². The Kier molecular flexibility index (Phi) is 6.80. The topological polar surface area (TPSA) is 49.6 Å². The van der Waals surface area contributed by atoms with Crippen LogP contribution in [0.5, 0.6) is 0 Å². The van der Waals surface area contributed by atoms with Crippen molar-refractivity contribution in [2.45, 2.75) is 57.9 Å². The van der Waals surface area contributed by atoms with E-state index in [0.717, 1.165) is 25.9 Å². The first kappa shape index (κ1) is 16.4. The zero-order valence-corrected chi connectivity index (χ0v) is 13.0. The average Bonchev–Trinajstić information content (AvgIpc) is 2.69. The Hall–Kier alpha value is -0.610. The van der Waals surface area contributed by atoms with E-state index in [0.29, 0.717) is 13.1 Å². The third kappa shape index (κ3) is 4.18. The largest absolute Gasteiger partial charge is 0.345 e. The molecule has 1 fully saturated rings. The SMILES string of the molecule is CCN(C)C(=O)CN(CC)C1(CN)CCCCCC1. The fraction of sp³-hybridized carbons (Fsp3) is 0.933. The molecule has 0 radical (unpaired) electrons. The van der Waals surface area contributed by atoms with Crippen molar-refractivity contribution >= 4 is 5.91 Å². The third-order valence-corrected chi connectivity index (χ3v) is 4.69. The van der Waals surface area contributed by atoms with Crippen molar-refractivity contribution in [2.75, 3.05) is 33.2 Å². The van der Waals surface area contributed by atoms with Gasteiger partial charge in [0.15, 0.2) is 0 Å². The predicted molar refractivity (Wildman–Crippen MR) is 80.0 cm³/mol. The number of nitrogens with two attached hydrogens (primary N) is 1. The molecule has 1 rings (SSSR count). The highest BCUT2D eigenvalue weighted by atomic mass is 16.2. The smallest absolute Gasteiger partial charge is 0.236 e. The molecule has 1 aliphatic rings. The summed E-state index contributed by atoms with van der Waals surface area (Å²) in [4.78, 5) is 16.3. The third-order valence-electron chi connectivity index (χ3n) is 4.69. The van der Waals surface area contributed by atoms with E-state index < -0.39 is 0 Å². The van der Waals surface area contributed by atoms with Crippen LogP contribution in [0.4, 0.5) is 0 Å². The van der Waals surface area contributed by atoms with E-state index in [9.17, 15) is 4.79 Å². The van der Waals surface area contributed by atoms with Crippen LogP contribution < -0.4 is 5.73 Å². The van der Waals surface area contributed by atoms with Crippen LogP contribution in [0.15, 0.2) is 0 Å². The Labute approximate surface area is 118 Å². The second kappa shape index (κ2) is 7.85. The number of hydrogen-bond donors (Lipinski definition) is 1. The van der Waals surface area contributed by atoms with Crippen LogP contribution in [-0.2, 0) is 4.79 Å². The van der Waals surface area contributed by atoms with E-state index in [1.807, 2.05) is 14.0 Å². The van der Waals surface area contributed by atoms with E-state index in [1.165, 1.54) is 25.7 Å². The molecule has 4 nitrogen and oxygen atoms in total. The molecule has 0 aromatic heterocycles. The van der Waals surface area contributed by atoms with Gasteiger partial charge in [-0.2, -0.15) is 0 Å². The molecule has 0 unspecified atom stereocenters. The molecule has 0 saturated heterocycles. The average molecular weight is 269 g/mol. The van der Waals surface area contributed by atoms with Crippen molar-refractivity contribution in [3.05, 3.63) is 0 Å². The van der Waals surface area contributed by atoms with Crippen molar-refractivity contribution < 1.29 is 4.79 Å². The van der Waals surface area contributed by atoms with E-state index in [2.05, 4.69) is 11.8 Å². The molecule has 1 aliphatic carbocycles.